The third-order valence-electron chi connectivity index (χ3n) is 8.08. The number of carbonyl (C=O) groups is 1. The molecule has 6 rings (SSSR count). The summed E-state index contributed by atoms with van der Waals surface area (Å²) in [6.45, 7) is 4.42. The van der Waals surface area contributed by atoms with E-state index in [1.165, 1.54) is 12.8 Å². The minimum Gasteiger partial charge on any atom is -0.508 e. The van der Waals surface area contributed by atoms with E-state index in [1.807, 2.05) is 60.7 Å². The van der Waals surface area contributed by atoms with E-state index in [9.17, 15) is 15.2 Å². The second-order valence-electron chi connectivity index (χ2n) is 10.8. The predicted octanol–water partition coefficient (Wildman–Crippen LogP) is 5.79. The number of aromatic hydroxyl groups is 1. The molecule has 3 aromatic carbocycles. The Hall–Kier alpha value is -4.41. The second kappa shape index (κ2) is 11.4. The number of fused-ring (bicyclic) bond motifs is 1. The molecule has 7 nitrogen and oxygen atoms in total. The number of nitrogens with one attached hydrogen (secondary N) is 1. The van der Waals surface area contributed by atoms with Crippen LogP contribution in [0.15, 0.2) is 72.8 Å². The number of aromatic nitrogens is 1. The summed E-state index contributed by atoms with van der Waals surface area (Å²) >= 11 is 0. The molecule has 0 spiro atoms. The molecule has 0 radical (unpaired) electrons. The molecule has 2 fully saturated rings. The van der Waals surface area contributed by atoms with Crippen molar-refractivity contribution < 1.29 is 9.90 Å². The summed E-state index contributed by atoms with van der Waals surface area (Å²) in [5.74, 6) is 0.891. The van der Waals surface area contributed by atoms with Crippen molar-refractivity contribution in [3.63, 3.8) is 0 Å². The van der Waals surface area contributed by atoms with Gasteiger partial charge < -0.3 is 20.2 Å². The normalized spacial score (nSPS) is 17.3. The van der Waals surface area contributed by atoms with Gasteiger partial charge >= 0.3 is 0 Å². The van der Waals surface area contributed by atoms with Gasteiger partial charge in [0, 0.05) is 31.1 Å². The van der Waals surface area contributed by atoms with E-state index < -0.39 is 0 Å². The van der Waals surface area contributed by atoms with Crippen LogP contribution < -0.4 is 5.32 Å². The summed E-state index contributed by atoms with van der Waals surface area (Å²) in [6, 6.07) is 24.9. The average molecular weight is 532 g/mol. The Morgan fingerprint density at radius 2 is 1.77 bits per heavy atom. The molecule has 3 heterocycles. The molecule has 2 saturated heterocycles. The number of pyridine rings is 1. The van der Waals surface area contributed by atoms with E-state index in [0.29, 0.717) is 23.5 Å². The monoisotopic (exact) mass is 531 g/mol. The van der Waals surface area contributed by atoms with Crippen LogP contribution in [0.4, 0.5) is 5.82 Å². The van der Waals surface area contributed by atoms with Crippen LogP contribution in [-0.4, -0.2) is 58.0 Å². The highest BCUT2D eigenvalue weighted by Crippen LogP contribution is 2.31. The molecule has 202 valence electrons. The summed E-state index contributed by atoms with van der Waals surface area (Å²) in [7, 11) is 0. The molecule has 1 aromatic heterocycles. The topological polar surface area (TPSA) is 92.5 Å². The number of nitriles is 1. The summed E-state index contributed by atoms with van der Waals surface area (Å²) < 4.78 is 0. The number of phenols is 1. The van der Waals surface area contributed by atoms with Crippen LogP contribution >= 0.6 is 0 Å². The van der Waals surface area contributed by atoms with Gasteiger partial charge in [-0.3, -0.25) is 4.79 Å². The Kier molecular flexibility index (Phi) is 7.35. The van der Waals surface area contributed by atoms with E-state index in [4.69, 9.17) is 4.98 Å². The lowest BCUT2D eigenvalue weighted by molar-refractivity contribution is 0.0710. The number of anilines is 1. The summed E-state index contributed by atoms with van der Waals surface area (Å²) in [5, 5.41) is 23.2. The number of carbonyl (C=O) groups excluding carboxylic acids is 1. The highest BCUT2D eigenvalue weighted by molar-refractivity contribution is 6.08. The van der Waals surface area contributed by atoms with Gasteiger partial charge in [0.25, 0.3) is 5.91 Å². The lowest BCUT2D eigenvalue weighted by Crippen LogP contribution is -2.42. The van der Waals surface area contributed by atoms with Crippen molar-refractivity contribution in [2.24, 2.45) is 0 Å². The minimum absolute atomic E-state index is 0.0477. The van der Waals surface area contributed by atoms with E-state index in [0.717, 1.165) is 66.6 Å². The van der Waals surface area contributed by atoms with E-state index in [2.05, 4.69) is 21.2 Å². The minimum atomic E-state index is 0.0477. The Balaban J connectivity index is 1.36. The van der Waals surface area contributed by atoms with Gasteiger partial charge in [0.05, 0.1) is 22.7 Å². The standard InChI is InChI=1S/C33H33N5O2/c34-20-23-8-10-25(11-9-23)26-12-13-31-29(18-26)30(19-32(36-31)35-21-24-5-3-7-28(39)17-24)33(40)38-16-4-6-27(38)22-37-14-1-2-15-37/h3,5,7-13,17-19,27,39H,1-2,4,6,14-16,21-22H2,(H,35,36). The number of hydrogen-bond donors (Lipinski definition) is 2. The summed E-state index contributed by atoms with van der Waals surface area (Å²) in [5.41, 5.74) is 4.89. The van der Waals surface area contributed by atoms with Crippen molar-refractivity contribution >= 4 is 22.6 Å². The van der Waals surface area contributed by atoms with Crippen LogP contribution in [-0.2, 0) is 6.54 Å². The van der Waals surface area contributed by atoms with E-state index >= 15 is 0 Å². The first-order chi connectivity index (χ1) is 19.6. The molecule has 2 N–H and O–H groups in total. The average Bonchev–Trinajstić information content (AvgIpc) is 3.68. The number of benzene rings is 3. The number of rotatable bonds is 7. The maximum absolute atomic E-state index is 14.2. The highest BCUT2D eigenvalue weighted by atomic mass is 16.3. The first kappa shape index (κ1) is 25.8. The van der Waals surface area contributed by atoms with Crippen molar-refractivity contribution in [3.05, 3.63) is 89.5 Å². The zero-order valence-corrected chi connectivity index (χ0v) is 22.5. The predicted molar refractivity (Wildman–Crippen MR) is 157 cm³/mol. The van der Waals surface area contributed by atoms with Gasteiger partial charge in [-0.15, -0.1) is 0 Å². The van der Waals surface area contributed by atoms with Crippen LogP contribution in [0.25, 0.3) is 22.0 Å². The quantitative estimate of drug-likeness (QED) is 0.314. The highest BCUT2D eigenvalue weighted by Gasteiger charge is 2.32. The molecule has 7 heteroatoms. The first-order valence-corrected chi connectivity index (χ1v) is 14.1. The molecule has 1 amide bonds. The van der Waals surface area contributed by atoms with E-state index in [1.54, 1.807) is 12.1 Å². The fourth-order valence-corrected chi connectivity index (χ4v) is 5.98. The zero-order valence-electron chi connectivity index (χ0n) is 22.5. The first-order valence-electron chi connectivity index (χ1n) is 14.1. The molecule has 0 saturated carbocycles. The maximum atomic E-state index is 14.2. The van der Waals surface area contributed by atoms with Crippen LogP contribution in [0.5, 0.6) is 5.75 Å². The number of hydrogen-bond acceptors (Lipinski definition) is 6. The van der Waals surface area contributed by atoms with Gasteiger partial charge in [-0.1, -0.05) is 30.3 Å². The van der Waals surface area contributed by atoms with Crippen molar-refractivity contribution in [1.82, 2.24) is 14.8 Å². The molecule has 1 unspecified atom stereocenters. The smallest absolute Gasteiger partial charge is 0.254 e. The molecular weight excluding hydrogens is 498 g/mol. The molecule has 4 aromatic rings. The molecule has 2 aliphatic heterocycles. The van der Waals surface area contributed by atoms with Gasteiger partial charge in [0.2, 0.25) is 0 Å². The lowest BCUT2D eigenvalue weighted by Gasteiger charge is -2.29. The summed E-state index contributed by atoms with van der Waals surface area (Å²) in [6.07, 6.45) is 4.53. The Morgan fingerprint density at radius 1 is 0.975 bits per heavy atom. The van der Waals surface area contributed by atoms with Crippen molar-refractivity contribution in [3.8, 4) is 22.9 Å². The molecule has 40 heavy (non-hydrogen) atoms. The van der Waals surface area contributed by atoms with E-state index in [-0.39, 0.29) is 17.7 Å². The van der Waals surface area contributed by atoms with Crippen LogP contribution in [0.2, 0.25) is 0 Å². The largest absolute Gasteiger partial charge is 0.508 e. The number of phenolic OH excluding ortho intramolecular Hbond substituents is 1. The zero-order chi connectivity index (χ0) is 27.5. The van der Waals surface area contributed by atoms with Crippen molar-refractivity contribution in [2.75, 3.05) is 31.5 Å². The SMILES string of the molecule is N#Cc1ccc(-c2ccc3nc(NCc4cccc(O)c4)cc(C(=O)N4CCCC4CN4CCCC4)c3c2)cc1. The number of likely N-dealkylation sites (tertiary alicyclic amines) is 2. The summed E-state index contributed by atoms with van der Waals surface area (Å²) in [4.78, 5) is 23.6. The van der Waals surface area contributed by atoms with Gasteiger partial charge in [0.15, 0.2) is 0 Å². The molecular formula is C33H33N5O2. The second-order valence-corrected chi connectivity index (χ2v) is 10.8. The van der Waals surface area contributed by atoms with Gasteiger partial charge in [0.1, 0.15) is 11.6 Å². The third kappa shape index (κ3) is 5.49. The van der Waals surface area contributed by atoms with Gasteiger partial charge in [-0.05, 0) is 97.9 Å². The van der Waals surface area contributed by atoms with Gasteiger partial charge in [-0.2, -0.15) is 5.26 Å². The van der Waals surface area contributed by atoms with Crippen LogP contribution in [0.1, 0.15) is 47.2 Å². The number of amides is 1. The van der Waals surface area contributed by atoms with Crippen molar-refractivity contribution in [2.45, 2.75) is 38.3 Å². The molecule has 2 aliphatic rings. The third-order valence-corrected chi connectivity index (χ3v) is 8.08. The maximum Gasteiger partial charge on any atom is 0.254 e. The van der Waals surface area contributed by atoms with Crippen molar-refractivity contribution in [1.29, 1.82) is 5.26 Å². The Morgan fingerprint density at radius 3 is 2.55 bits per heavy atom. The fraction of sp³-hybridized carbons (Fsp3) is 0.303. The molecule has 0 bridgehead atoms. The molecule has 0 aliphatic carbocycles. The Labute approximate surface area is 234 Å². The Bertz CT molecular complexity index is 1570. The molecule has 1 atom stereocenters. The number of nitrogens with zero attached hydrogens (tertiary/aromatic N) is 4. The lowest BCUT2D eigenvalue weighted by atomic mass is 9.99. The van der Waals surface area contributed by atoms with Crippen LogP contribution in [0, 0.1) is 11.3 Å². The van der Waals surface area contributed by atoms with Gasteiger partial charge in [-0.25, -0.2) is 4.98 Å². The fourth-order valence-electron chi connectivity index (χ4n) is 5.98. The van der Waals surface area contributed by atoms with Crippen LogP contribution in [0.3, 0.4) is 0 Å².